The van der Waals surface area contributed by atoms with E-state index in [9.17, 15) is 53.1 Å². The molecule has 8 rings (SSSR count). The van der Waals surface area contributed by atoms with Gasteiger partial charge >= 0.3 is 20.2 Å². The number of fused-ring (bicyclic) bond motifs is 3. The number of azo groups is 2. The zero-order chi connectivity index (χ0) is 60.0. The van der Waals surface area contributed by atoms with E-state index in [1.165, 1.54) is 72.8 Å². The molecule has 0 heterocycles. The second-order valence-electron chi connectivity index (χ2n) is 16.2. The van der Waals surface area contributed by atoms with E-state index in [0.717, 1.165) is 29.8 Å². The van der Waals surface area contributed by atoms with Crippen LogP contribution in [0.5, 0.6) is 17.2 Å². The molecule has 0 amide bonds. The van der Waals surface area contributed by atoms with Crippen LogP contribution in [0.25, 0.3) is 32.3 Å². The van der Waals surface area contributed by atoms with Gasteiger partial charge in [0.15, 0.2) is 17.2 Å². The Bertz CT molecular complexity index is 4340. The van der Waals surface area contributed by atoms with Crippen molar-refractivity contribution in [2.24, 2.45) is 20.5 Å². The lowest BCUT2D eigenvalue weighted by atomic mass is 10.0. The van der Waals surface area contributed by atoms with E-state index in [2.05, 4.69) is 53.6 Å². The van der Waals surface area contributed by atoms with Crippen molar-refractivity contribution in [3.8, 4) is 17.2 Å². The lowest BCUT2D eigenvalue weighted by Crippen LogP contribution is -2.10. The van der Waals surface area contributed by atoms with Crippen LogP contribution in [0, 0.1) is 13.8 Å². The summed E-state index contributed by atoms with van der Waals surface area (Å²) >= 11 is 0.971. The molecule has 9 N–H and O–H groups in total. The van der Waals surface area contributed by atoms with Crippen LogP contribution in [0.15, 0.2) is 169 Å². The van der Waals surface area contributed by atoms with E-state index >= 15 is 0 Å². The first-order valence-electron chi connectivity index (χ1n) is 21.8. The molecular formula is C44H33N5O26S8. The minimum Gasteiger partial charge on any atom is -0.505 e. The molecule has 0 fully saturated rings. The molecule has 39 heteroatoms. The molecule has 0 aliphatic rings. The van der Waals surface area contributed by atoms with Gasteiger partial charge < -0.3 is 19.9 Å². The maximum Gasteiger partial charge on any atom is 0.339 e. The van der Waals surface area contributed by atoms with Crippen LogP contribution in [0.4, 0.5) is 28.4 Å². The lowest BCUT2D eigenvalue weighted by molar-refractivity contribution is -0.432. The standard InChI is InChI=1S/C44H33N5O26S8/c1-21-3-7-25(8-4-21)82(61,62)66-36-16-24(76-71-67-51)15-30-28(36)11-12-32(44(30)79-74-70-54)46-49-42-38(78-73-69-53)19-31-39(81(58,59)60)20-34(41(45)40(31)43(42)50)48-47-33-18-29-23(14-37(33)77-72-68-52)13-27(80(55,56)57)17-35(29)65-75-83(63,64)26-9-5-22(2)6-10-26/h3-20,50-54H,45H2,1-2H3,(H,55,56,57)(H,58,59,60). The predicted molar refractivity (Wildman–Crippen MR) is 288 cm³/mol. The summed E-state index contributed by atoms with van der Waals surface area (Å²) in [5.74, 6) is -2.03. The number of nitrogens with zero attached hydrogens (tertiary/aromatic N) is 4. The molecule has 0 saturated carbocycles. The predicted octanol–water partition coefficient (Wildman–Crippen LogP) is 11.6. The number of nitrogen functional groups attached to an aromatic ring is 1. The van der Waals surface area contributed by atoms with Gasteiger partial charge in [0, 0.05) is 32.5 Å². The normalized spacial score (nSPS) is 12.6. The Morgan fingerprint density at radius 1 is 0.494 bits per heavy atom. The van der Waals surface area contributed by atoms with E-state index in [-0.39, 0.29) is 99.3 Å². The number of hydrogen-bond acceptors (Lipinski definition) is 33. The minimum atomic E-state index is -5.36. The topological polar surface area (TPSA) is 455 Å². The molecular weight excluding hydrogens is 1270 g/mol. The molecule has 438 valence electrons. The number of nitrogens with two attached hydrogens (primary N) is 1. The fourth-order valence-electron chi connectivity index (χ4n) is 7.38. The Labute approximate surface area is 483 Å². The van der Waals surface area contributed by atoms with Gasteiger partial charge in [-0.3, -0.25) is 9.11 Å². The maximum atomic E-state index is 13.5. The third-order valence-electron chi connectivity index (χ3n) is 11.0. The summed E-state index contributed by atoms with van der Waals surface area (Å²) < 4.78 is 154. The zero-order valence-electron chi connectivity index (χ0n) is 40.9. The van der Waals surface area contributed by atoms with Gasteiger partial charge in [-0.2, -0.15) is 33.7 Å². The van der Waals surface area contributed by atoms with Gasteiger partial charge in [-0.15, -0.1) is 37.8 Å². The smallest absolute Gasteiger partial charge is 0.339 e. The number of benzene rings is 8. The third-order valence-corrected chi connectivity index (χ3v) is 17.6. The highest BCUT2D eigenvalue weighted by molar-refractivity contribution is 7.95. The van der Waals surface area contributed by atoms with Crippen molar-refractivity contribution >= 4 is 149 Å². The highest BCUT2D eigenvalue weighted by Gasteiger charge is 2.28. The van der Waals surface area contributed by atoms with Gasteiger partial charge in [0.1, 0.15) is 32.5 Å². The summed E-state index contributed by atoms with van der Waals surface area (Å²) in [6, 6.07) is 21.4. The largest absolute Gasteiger partial charge is 0.505 e. The van der Waals surface area contributed by atoms with Crippen LogP contribution in [0.1, 0.15) is 11.1 Å². The highest BCUT2D eigenvalue weighted by atomic mass is 32.2. The summed E-state index contributed by atoms with van der Waals surface area (Å²) in [6.07, 6.45) is 0. The van der Waals surface area contributed by atoms with Gasteiger partial charge in [-0.1, -0.05) is 59.9 Å². The van der Waals surface area contributed by atoms with Gasteiger partial charge in [-0.25, -0.2) is 21.0 Å². The Morgan fingerprint density at radius 2 is 1.07 bits per heavy atom. The molecule has 0 radical (unpaired) electrons. The van der Waals surface area contributed by atoms with Crippen LogP contribution < -0.4 is 14.8 Å². The fraction of sp³-hybridized carbons (Fsp3) is 0.0455. The number of aromatic hydroxyl groups is 1. The Balaban J connectivity index is 1.28. The highest BCUT2D eigenvalue weighted by Crippen LogP contribution is 2.51. The summed E-state index contributed by atoms with van der Waals surface area (Å²) in [5.41, 5.74) is 5.50. The number of rotatable bonds is 25. The molecule has 31 nitrogen and oxygen atoms in total. The molecule has 8 aromatic rings. The SMILES string of the molecule is Cc1ccc(S(=O)(=O)OOc2cc(S(=O)(=O)O)cc3cc(SOOO)c(N=Nc4cc(S(=O)(=O)O)c5cc(SOOO)c(N=Nc6ccc7c(OS(=O)(=O)c8ccc(C)cc8)cc(SOOO)cc7c6SOOO)c(O)c5c4N)cc23)cc1. The number of phenolic OH excluding ortho intramolecular Hbond substituents is 1. The Morgan fingerprint density at radius 3 is 1.69 bits per heavy atom. The van der Waals surface area contributed by atoms with Gasteiger partial charge in [0.2, 0.25) is 0 Å². The number of aryl methyl sites for hydroxylation is 2. The lowest BCUT2D eigenvalue weighted by Gasteiger charge is -2.15. The first-order chi connectivity index (χ1) is 39.4. The van der Waals surface area contributed by atoms with E-state index < -0.39 is 94.5 Å². The first kappa shape index (κ1) is 62.6. The number of anilines is 1. The summed E-state index contributed by atoms with van der Waals surface area (Å²) in [5, 5.41) is 78.3. The third kappa shape index (κ3) is 14.6. The van der Waals surface area contributed by atoms with Gasteiger partial charge in [0.05, 0.1) is 83.7 Å². The van der Waals surface area contributed by atoms with Crippen molar-refractivity contribution < 1.29 is 120 Å². The van der Waals surface area contributed by atoms with Crippen LogP contribution in [0.2, 0.25) is 0 Å². The van der Waals surface area contributed by atoms with E-state index in [1.54, 1.807) is 13.8 Å². The van der Waals surface area contributed by atoms with Gasteiger partial charge in [-0.05, 0) is 98.1 Å². The second kappa shape index (κ2) is 26.2. The fourth-order valence-corrected chi connectivity index (χ4v) is 12.2. The molecule has 0 spiro atoms. The molecule has 8 aromatic carbocycles. The molecule has 0 aromatic heterocycles. The minimum absolute atomic E-state index is 0.00458. The molecule has 0 unspecified atom stereocenters. The van der Waals surface area contributed by atoms with Crippen LogP contribution in [-0.2, 0) is 82.3 Å². The maximum absolute atomic E-state index is 13.5. The summed E-state index contributed by atoms with van der Waals surface area (Å²) in [4.78, 5) is 1.97. The number of phenols is 1. The molecule has 0 saturated heterocycles. The van der Waals surface area contributed by atoms with E-state index in [0.29, 0.717) is 29.7 Å². The first-order valence-corrected chi connectivity index (χ1v) is 30.4. The molecule has 0 atom stereocenters. The van der Waals surface area contributed by atoms with Crippen LogP contribution in [-0.4, -0.2) is 68.9 Å². The van der Waals surface area contributed by atoms with Crippen LogP contribution in [0.3, 0.4) is 0 Å². The molecule has 0 aliphatic carbocycles. The summed E-state index contributed by atoms with van der Waals surface area (Å²) in [6.45, 7) is 3.42. The van der Waals surface area contributed by atoms with E-state index in [1.807, 2.05) is 0 Å². The number of hydrogen-bond donors (Lipinski definition) is 8. The average Bonchev–Trinajstić information content (AvgIpc) is 2.11. The van der Waals surface area contributed by atoms with Crippen molar-refractivity contribution in [3.63, 3.8) is 0 Å². The molecule has 83 heavy (non-hydrogen) atoms. The van der Waals surface area contributed by atoms with Crippen molar-refractivity contribution in [3.05, 3.63) is 120 Å². The molecule has 0 bridgehead atoms. The van der Waals surface area contributed by atoms with Crippen molar-refractivity contribution in [2.75, 3.05) is 5.73 Å². The van der Waals surface area contributed by atoms with Crippen molar-refractivity contribution in [1.29, 1.82) is 0 Å². The molecule has 0 aliphatic heterocycles. The van der Waals surface area contributed by atoms with Crippen LogP contribution >= 0.6 is 48.2 Å². The van der Waals surface area contributed by atoms with Gasteiger partial charge in [0.25, 0.3) is 20.2 Å². The van der Waals surface area contributed by atoms with Crippen molar-refractivity contribution in [2.45, 2.75) is 53.0 Å². The Kier molecular flexibility index (Phi) is 19.8. The summed E-state index contributed by atoms with van der Waals surface area (Å²) in [7, 11) is -19.7. The quantitative estimate of drug-likeness (QED) is 0.00501. The monoisotopic (exact) mass is 1300 g/mol. The zero-order valence-corrected chi connectivity index (χ0v) is 47.4. The van der Waals surface area contributed by atoms with Crippen molar-refractivity contribution in [1.82, 2.24) is 0 Å². The Hall–Kier alpha value is -6.46. The second-order valence-corrected chi connectivity index (χ2v) is 25.1. The van der Waals surface area contributed by atoms with E-state index in [4.69, 9.17) is 39.2 Å². The average molecular weight is 1300 g/mol.